The van der Waals surface area contributed by atoms with E-state index in [9.17, 15) is 0 Å². The summed E-state index contributed by atoms with van der Waals surface area (Å²) in [6, 6.07) is 8.59. The van der Waals surface area contributed by atoms with Crippen molar-refractivity contribution in [3.63, 3.8) is 0 Å². The van der Waals surface area contributed by atoms with Crippen molar-refractivity contribution in [2.75, 3.05) is 11.4 Å². The molecule has 0 saturated heterocycles. The van der Waals surface area contributed by atoms with E-state index >= 15 is 0 Å². The molecule has 1 aromatic carbocycles. The van der Waals surface area contributed by atoms with E-state index in [1.54, 1.807) is 0 Å². The zero-order valence-electron chi connectivity index (χ0n) is 9.83. The predicted octanol–water partition coefficient (Wildman–Crippen LogP) is 4.86. The Labute approximate surface area is 125 Å². The molecule has 1 aromatic heterocycles. The molecule has 0 atom stereocenters. The van der Waals surface area contributed by atoms with Crippen LogP contribution in [0.1, 0.15) is 16.0 Å². The van der Waals surface area contributed by atoms with E-state index in [2.05, 4.69) is 50.5 Å². The van der Waals surface area contributed by atoms with Crippen LogP contribution in [0.25, 0.3) is 0 Å². The summed E-state index contributed by atoms with van der Waals surface area (Å²) in [6.07, 6.45) is 1.14. The van der Waals surface area contributed by atoms with Crippen molar-refractivity contribution in [1.82, 2.24) is 0 Å². The van der Waals surface area contributed by atoms with Gasteiger partial charge in [-0.3, -0.25) is 0 Å². The molecule has 2 aromatic rings. The molecule has 1 aliphatic heterocycles. The first-order valence-electron chi connectivity index (χ1n) is 5.92. The van der Waals surface area contributed by atoms with Gasteiger partial charge in [-0.25, -0.2) is 0 Å². The van der Waals surface area contributed by atoms with Gasteiger partial charge in [-0.2, -0.15) is 0 Å². The highest BCUT2D eigenvalue weighted by Gasteiger charge is 2.17. The topological polar surface area (TPSA) is 3.24 Å². The summed E-state index contributed by atoms with van der Waals surface area (Å²) >= 11 is 11.6. The minimum atomic E-state index is 0.806. The molecule has 0 fully saturated rings. The molecular weight excluding hydrogens is 330 g/mol. The standard InChI is InChI=1S/C14H13BrClNS/c15-8-10-1-2-12(7-13(10)16)17-5-3-14-11(9-17)4-6-18-14/h1-2,4,6-7H,3,5,8-9H2. The molecule has 2 heterocycles. The van der Waals surface area contributed by atoms with Crippen molar-refractivity contribution >= 4 is 44.6 Å². The van der Waals surface area contributed by atoms with E-state index < -0.39 is 0 Å². The SMILES string of the molecule is Clc1cc(N2CCc3sccc3C2)ccc1CBr. The Hall–Kier alpha value is -0.510. The van der Waals surface area contributed by atoms with E-state index in [-0.39, 0.29) is 0 Å². The van der Waals surface area contributed by atoms with Crippen LogP contribution in [0.15, 0.2) is 29.6 Å². The zero-order valence-corrected chi connectivity index (χ0v) is 13.0. The number of thiophene rings is 1. The second-order valence-corrected chi connectivity index (χ2v) is 6.42. The van der Waals surface area contributed by atoms with Gasteiger partial charge in [0.15, 0.2) is 0 Å². The Kier molecular flexibility index (Phi) is 3.64. The third-order valence-corrected chi connectivity index (χ3v) is 5.33. The van der Waals surface area contributed by atoms with Crippen LogP contribution in [0.2, 0.25) is 5.02 Å². The number of halogens is 2. The minimum Gasteiger partial charge on any atom is -0.367 e. The number of hydrogen-bond acceptors (Lipinski definition) is 2. The number of nitrogens with zero attached hydrogens (tertiary/aromatic N) is 1. The van der Waals surface area contributed by atoms with E-state index in [1.165, 1.54) is 16.1 Å². The number of alkyl halides is 1. The first-order chi connectivity index (χ1) is 8.78. The second kappa shape index (κ2) is 5.24. The average molecular weight is 343 g/mol. The lowest BCUT2D eigenvalue weighted by atomic mass is 10.1. The van der Waals surface area contributed by atoms with Crippen LogP contribution in [0.4, 0.5) is 5.69 Å². The van der Waals surface area contributed by atoms with Crippen molar-refractivity contribution < 1.29 is 0 Å². The quantitative estimate of drug-likeness (QED) is 0.705. The van der Waals surface area contributed by atoms with E-state index in [4.69, 9.17) is 11.6 Å². The third-order valence-electron chi connectivity index (χ3n) is 3.35. The lowest BCUT2D eigenvalue weighted by molar-refractivity contribution is 0.744. The maximum absolute atomic E-state index is 6.27. The van der Waals surface area contributed by atoms with Crippen molar-refractivity contribution in [2.24, 2.45) is 0 Å². The van der Waals surface area contributed by atoms with Crippen LogP contribution in [0.3, 0.4) is 0 Å². The molecule has 0 saturated carbocycles. The summed E-state index contributed by atoms with van der Waals surface area (Å²) < 4.78 is 0. The van der Waals surface area contributed by atoms with E-state index in [0.717, 1.165) is 35.4 Å². The fourth-order valence-corrected chi connectivity index (χ4v) is 4.09. The van der Waals surface area contributed by atoms with Crippen molar-refractivity contribution in [1.29, 1.82) is 0 Å². The Morgan fingerprint density at radius 1 is 1.33 bits per heavy atom. The van der Waals surface area contributed by atoms with E-state index in [0.29, 0.717) is 0 Å². The Balaban J connectivity index is 1.86. The van der Waals surface area contributed by atoms with E-state index in [1.807, 2.05) is 11.3 Å². The molecule has 1 aliphatic rings. The molecule has 3 rings (SSSR count). The van der Waals surface area contributed by atoms with Gasteiger partial charge in [0, 0.05) is 34.0 Å². The number of hydrogen-bond donors (Lipinski definition) is 0. The molecule has 0 aliphatic carbocycles. The molecule has 18 heavy (non-hydrogen) atoms. The number of benzene rings is 1. The molecule has 0 radical (unpaired) electrons. The van der Waals surface area contributed by atoms with Crippen LogP contribution >= 0.6 is 38.9 Å². The Bertz CT molecular complexity index is 567. The lowest BCUT2D eigenvalue weighted by Gasteiger charge is -2.29. The van der Waals surface area contributed by atoms with Crippen LogP contribution in [-0.2, 0) is 18.3 Å². The highest BCUT2D eigenvalue weighted by Crippen LogP contribution is 2.30. The fourth-order valence-electron chi connectivity index (χ4n) is 2.31. The molecule has 0 spiro atoms. The van der Waals surface area contributed by atoms with Gasteiger partial charge < -0.3 is 4.90 Å². The summed E-state index contributed by atoms with van der Waals surface area (Å²) in [4.78, 5) is 3.94. The van der Waals surface area contributed by atoms with Gasteiger partial charge in [0.1, 0.15) is 0 Å². The molecule has 1 nitrogen and oxygen atoms in total. The second-order valence-electron chi connectivity index (χ2n) is 4.45. The van der Waals surface area contributed by atoms with Gasteiger partial charge in [0.2, 0.25) is 0 Å². The Morgan fingerprint density at radius 3 is 3.00 bits per heavy atom. The first kappa shape index (κ1) is 12.5. The largest absolute Gasteiger partial charge is 0.367 e. The minimum absolute atomic E-state index is 0.806. The maximum atomic E-state index is 6.27. The lowest BCUT2D eigenvalue weighted by Crippen LogP contribution is -2.29. The molecule has 94 valence electrons. The summed E-state index contributed by atoms with van der Waals surface area (Å²) in [7, 11) is 0. The van der Waals surface area contributed by atoms with Gasteiger partial charge in [-0.1, -0.05) is 33.6 Å². The predicted molar refractivity (Wildman–Crippen MR) is 83.2 cm³/mol. The van der Waals surface area contributed by atoms with Crippen LogP contribution < -0.4 is 4.90 Å². The van der Waals surface area contributed by atoms with Crippen molar-refractivity contribution in [3.05, 3.63) is 50.7 Å². The zero-order chi connectivity index (χ0) is 12.5. The van der Waals surface area contributed by atoms with Gasteiger partial charge in [-0.05, 0) is 41.1 Å². The first-order valence-corrected chi connectivity index (χ1v) is 8.30. The van der Waals surface area contributed by atoms with Crippen molar-refractivity contribution in [2.45, 2.75) is 18.3 Å². The molecular formula is C14H13BrClNS. The molecule has 0 N–H and O–H groups in total. The van der Waals surface area contributed by atoms with Gasteiger partial charge >= 0.3 is 0 Å². The third kappa shape index (κ3) is 2.31. The van der Waals surface area contributed by atoms with Gasteiger partial charge in [-0.15, -0.1) is 11.3 Å². The highest BCUT2D eigenvalue weighted by molar-refractivity contribution is 9.08. The molecule has 0 amide bonds. The van der Waals surface area contributed by atoms with Gasteiger partial charge in [0.25, 0.3) is 0 Å². The monoisotopic (exact) mass is 341 g/mol. The number of fused-ring (bicyclic) bond motifs is 1. The summed E-state index contributed by atoms with van der Waals surface area (Å²) in [6.45, 7) is 2.08. The molecule has 4 heteroatoms. The van der Waals surface area contributed by atoms with Crippen molar-refractivity contribution in [3.8, 4) is 0 Å². The summed E-state index contributed by atoms with van der Waals surface area (Å²) in [5.41, 5.74) is 3.84. The Morgan fingerprint density at radius 2 is 2.22 bits per heavy atom. The molecule has 0 unspecified atom stereocenters. The number of anilines is 1. The fraction of sp³-hybridized carbons (Fsp3) is 0.286. The normalized spacial score (nSPS) is 14.7. The summed E-state index contributed by atoms with van der Waals surface area (Å²) in [5, 5.41) is 3.84. The van der Waals surface area contributed by atoms with Gasteiger partial charge in [0.05, 0.1) is 0 Å². The molecule has 0 bridgehead atoms. The smallest absolute Gasteiger partial charge is 0.0467 e. The summed E-state index contributed by atoms with van der Waals surface area (Å²) in [5.74, 6) is 0. The average Bonchev–Trinajstić information content (AvgIpc) is 2.85. The van der Waals surface area contributed by atoms with Crippen LogP contribution in [0.5, 0.6) is 0 Å². The maximum Gasteiger partial charge on any atom is 0.0467 e. The van der Waals surface area contributed by atoms with Crippen LogP contribution in [0, 0.1) is 0 Å². The number of rotatable bonds is 2. The van der Waals surface area contributed by atoms with Crippen LogP contribution in [-0.4, -0.2) is 6.54 Å². The highest BCUT2D eigenvalue weighted by atomic mass is 79.9.